The van der Waals surface area contributed by atoms with E-state index in [0.717, 1.165) is 0 Å². The molecule has 0 aliphatic carbocycles. The molecule has 0 bridgehead atoms. The number of benzene rings is 2. The maximum Gasteiger partial charge on any atom is 0.337 e. The number of carbonyl (C=O) groups is 1. The lowest BCUT2D eigenvalue weighted by molar-refractivity contribution is 0.0600. The van der Waals surface area contributed by atoms with E-state index >= 15 is 0 Å². The Kier molecular flexibility index (Phi) is 6.58. The Morgan fingerprint density at radius 2 is 1.86 bits per heavy atom. The first-order valence-corrected chi connectivity index (χ1v) is 10.9. The summed E-state index contributed by atoms with van der Waals surface area (Å²) in [5.41, 5.74) is 1.20. The second-order valence-electron chi connectivity index (χ2n) is 6.85. The van der Waals surface area contributed by atoms with Gasteiger partial charge in [0, 0.05) is 43.3 Å². The van der Waals surface area contributed by atoms with Crippen LogP contribution < -0.4 is 0 Å². The predicted octanol–water partition coefficient (Wildman–Crippen LogP) is 3.08. The molecule has 0 amide bonds. The molecule has 1 aliphatic rings. The van der Waals surface area contributed by atoms with Crippen molar-refractivity contribution < 1.29 is 22.3 Å². The van der Waals surface area contributed by atoms with Crippen molar-refractivity contribution in [3.8, 4) is 0 Å². The fraction of sp³-hybridized carbons (Fsp3) is 0.350. The molecule has 29 heavy (non-hydrogen) atoms. The molecule has 1 fully saturated rings. The predicted molar refractivity (Wildman–Crippen MR) is 108 cm³/mol. The molecule has 0 spiro atoms. The van der Waals surface area contributed by atoms with Gasteiger partial charge in [0.2, 0.25) is 10.0 Å². The number of rotatable bonds is 5. The van der Waals surface area contributed by atoms with Gasteiger partial charge in [0.15, 0.2) is 0 Å². The number of hydrogen-bond donors (Lipinski definition) is 0. The Hall–Kier alpha value is -2.00. The molecular weight excluding hydrogens is 419 g/mol. The lowest BCUT2D eigenvalue weighted by Gasteiger charge is -2.34. The van der Waals surface area contributed by atoms with Crippen LogP contribution in [0.2, 0.25) is 5.02 Å². The van der Waals surface area contributed by atoms with Gasteiger partial charge in [-0.2, -0.15) is 4.31 Å². The molecule has 9 heteroatoms. The van der Waals surface area contributed by atoms with E-state index in [1.54, 1.807) is 19.1 Å². The molecular formula is C20H22ClFN2O4S. The minimum Gasteiger partial charge on any atom is -0.465 e. The van der Waals surface area contributed by atoms with Gasteiger partial charge >= 0.3 is 5.97 Å². The number of hydrogen-bond acceptors (Lipinski definition) is 5. The third-order valence-corrected chi connectivity index (χ3v) is 7.40. The Morgan fingerprint density at radius 1 is 1.17 bits per heavy atom. The molecule has 0 aromatic heterocycles. The second-order valence-corrected chi connectivity index (χ2v) is 9.17. The van der Waals surface area contributed by atoms with Crippen molar-refractivity contribution in [3.63, 3.8) is 0 Å². The molecule has 2 aromatic carbocycles. The number of methoxy groups -OCH3 is 1. The van der Waals surface area contributed by atoms with Crippen LogP contribution in [0.3, 0.4) is 0 Å². The standard InChI is InChI=1S/C20H22ClFN2O4S/c1-14-12-15(20(25)28-2)6-7-19(14)29(26,27)24-10-8-23(9-11-24)13-16-17(21)4-3-5-18(16)22/h3-7,12H,8-11,13H2,1-2H3. The molecule has 0 atom stereocenters. The van der Waals surface area contributed by atoms with Gasteiger partial charge in [-0.3, -0.25) is 4.90 Å². The normalized spacial score (nSPS) is 16.0. The first-order chi connectivity index (χ1) is 13.7. The summed E-state index contributed by atoms with van der Waals surface area (Å²) < 4.78 is 46.2. The topological polar surface area (TPSA) is 66.9 Å². The van der Waals surface area contributed by atoms with Crippen molar-refractivity contribution in [3.05, 3.63) is 63.9 Å². The van der Waals surface area contributed by atoms with Crippen LogP contribution in [0.25, 0.3) is 0 Å². The number of esters is 1. The third kappa shape index (κ3) is 4.61. The third-order valence-electron chi connectivity index (χ3n) is 4.99. The zero-order chi connectivity index (χ0) is 21.2. The fourth-order valence-corrected chi connectivity index (χ4v) is 5.21. The lowest BCUT2D eigenvalue weighted by Crippen LogP contribution is -2.48. The van der Waals surface area contributed by atoms with E-state index in [4.69, 9.17) is 11.6 Å². The van der Waals surface area contributed by atoms with Crippen LogP contribution in [0.5, 0.6) is 0 Å². The van der Waals surface area contributed by atoms with Crippen molar-refractivity contribution in [1.82, 2.24) is 9.21 Å². The average Bonchev–Trinajstić information content (AvgIpc) is 2.70. The molecule has 156 valence electrons. The minimum atomic E-state index is -3.70. The second kappa shape index (κ2) is 8.79. The van der Waals surface area contributed by atoms with E-state index in [1.165, 1.54) is 35.7 Å². The fourth-order valence-electron chi connectivity index (χ4n) is 3.36. The summed E-state index contributed by atoms with van der Waals surface area (Å²) >= 11 is 6.09. The van der Waals surface area contributed by atoms with Gasteiger partial charge < -0.3 is 4.74 Å². The zero-order valence-electron chi connectivity index (χ0n) is 16.2. The average molecular weight is 441 g/mol. The quantitative estimate of drug-likeness (QED) is 0.668. The number of sulfonamides is 1. The van der Waals surface area contributed by atoms with E-state index in [0.29, 0.717) is 41.3 Å². The highest BCUT2D eigenvalue weighted by Crippen LogP contribution is 2.25. The smallest absolute Gasteiger partial charge is 0.337 e. The van der Waals surface area contributed by atoms with Crippen molar-refractivity contribution in [2.24, 2.45) is 0 Å². The molecule has 1 heterocycles. The van der Waals surface area contributed by atoms with Crippen LogP contribution in [0.1, 0.15) is 21.5 Å². The van der Waals surface area contributed by atoms with Crippen molar-refractivity contribution in [2.45, 2.75) is 18.4 Å². The van der Waals surface area contributed by atoms with Crippen molar-refractivity contribution in [1.29, 1.82) is 0 Å². The summed E-state index contributed by atoms with van der Waals surface area (Å²) in [5.74, 6) is -0.883. The van der Waals surface area contributed by atoms with Crippen molar-refractivity contribution in [2.75, 3.05) is 33.3 Å². The summed E-state index contributed by atoms with van der Waals surface area (Å²) in [5, 5.41) is 0.362. The number of ether oxygens (including phenoxy) is 1. The van der Waals surface area contributed by atoms with Crippen LogP contribution in [0, 0.1) is 12.7 Å². The molecule has 1 saturated heterocycles. The molecule has 2 aromatic rings. The van der Waals surface area contributed by atoms with Crippen molar-refractivity contribution >= 4 is 27.6 Å². The lowest BCUT2D eigenvalue weighted by atomic mass is 10.1. The van der Waals surface area contributed by atoms with Crippen LogP contribution in [-0.2, 0) is 21.3 Å². The number of piperazine rings is 1. The van der Waals surface area contributed by atoms with Gasteiger partial charge in [-0.15, -0.1) is 0 Å². The molecule has 6 nitrogen and oxygen atoms in total. The van der Waals surface area contributed by atoms with E-state index in [1.807, 2.05) is 4.90 Å². The zero-order valence-corrected chi connectivity index (χ0v) is 17.8. The number of nitrogens with zero attached hydrogens (tertiary/aromatic N) is 2. The number of halogens is 2. The highest BCUT2D eigenvalue weighted by molar-refractivity contribution is 7.89. The van der Waals surface area contributed by atoms with Crippen LogP contribution >= 0.6 is 11.6 Å². The summed E-state index contributed by atoms with van der Waals surface area (Å²) in [6.07, 6.45) is 0. The van der Waals surface area contributed by atoms with E-state index in [2.05, 4.69) is 4.74 Å². The summed E-state index contributed by atoms with van der Waals surface area (Å²) in [6.45, 7) is 3.47. The van der Waals surface area contributed by atoms with E-state index in [9.17, 15) is 17.6 Å². The van der Waals surface area contributed by atoms with Gasteiger partial charge in [0.05, 0.1) is 17.6 Å². The monoisotopic (exact) mass is 440 g/mol. The van der Waals surface area contributed by atoms with Crippen LogP contribution in [0.15, 0.2) is 41.3 Å². The summed E-state index contributed by atoms with van der Waals surface area (Å²) in [7, 11) is -2.43. The van der Waals surface area contributed by atoms with E-state index in [-0.39, 0.29) is 23.8 Å². The maximum absolute atomic E-state index is 14.0. The maximum atomic E-state index is 14.0. The Bertz CT molecular complexity index is 1000. The Morgan fingerprint density at radius 3 is 2.45 bits per heavy atom. The summed E-state index contributed by atoms with van der Waals surface area (Å²) in [6, 6.07) is 8.95. The van der Waals surface area contributed by atoms with Gasteiger partial charge in [0.1, 0.15) is 5.82 Å². The van der Waals surface area contributed by atoms with Crippen LogP contribution in [0.4, 0.5) is 4.39 Å². The SMILES string of the molecule is COC(=O)c1ccc(S(=O)(=O)N2CCN(Cc3c(F)cccc3Cl)CC2)c(C)c1. The highest BCUT2D eigenvalue weighted by atomic mass is 35.5. The Balaban J connectivity index is 1.71. The molecule has 0 saturated carbocycles. The molecule has 0 N–H and O–H groups in total. The molecule has 0 radical (unpaired) electrons. The number of carbonyl (C=O) groups excluding carboxylic acids is 1. The van der Waals surface area contributed by atoms with Gasteiger partial charge in [-0.05, 0) is 42.8 Å². The van der Waals surface area contributed by atoms with Gasteiger partial charge in [-0.25, -0.2) is 17.6 Å². The Labute approximate surface area is 174 Å². The van der Waals surface area contributed by atoms with E-state index < -0.39 is 16.0 Å². The van der Waals surface area contributed by atoms with Crippen LogP contribution in [-0.4, -0.2) is 56.9 Å². The highest BCUT2D eigenvalue weighted by Gasteiger charge is 2.30. The molecule has 1 aliphatic heterocycles. The molecule has 3 rings (SSSR count). The minimum absolute atomic E-state index is 0.163. The first-order valence-electron chi connectivity index (χ1n) is 9.08. The number of aryl methyl sites for hydroxylation is 1. The largest absolute Gasteiger partial charge is 0.465 e. The summed E-state index contributed by atoms with van der Waals surface area (Å²) in [4.78, 5) is 13.8. The first kappa shape index (κ1) is 21.7. The van der Waals surface area contributed by atoms with Gasteiger partial charge in [-0.1, -0.05) is 17.7 Å². The molecule has 0 unspecified atom stereocenters. The van der Waals surface area contributed by atoms with Gasteiger partial charge in [0.25, 0.3) is 0 Å².